The molecule has 0 aliphatic heterocycles. The third-order valence-corrected chi connectivity index (χ3v) is 6.60. The van der Waals surface area contributed by atoms with Crippen LogP contribution in [0.15, 0.2) is 24.3 Å². The number of sulfone groups is 1. The molecule has 1 aromatic carbocycles. The quantitative estimate of drug-likeness (QED) is 0.766. The van der Waals surface area contributed by atoms with Gasteiger partial charge in [-0.2, -0.15) is 0 Å². The second-order valence-electron chi connectivity index (χ2n) is 6.18. The van der Waals surface area contributed by atoms with Gasteiger partial charge >= 0.3 is 0 Å². The first-order chi connectivity index (χ1) is 10.8. The van der Waals surface area contributed by atoms with E-state index in [2.05, 4.69) is 0 Å². The summed E-state index contributed by atoms with van der Waals surface area (Å²) in [5, 5.41) is -1.09. The van der Waals surface area contributed by atoms with Gasteiger partial charge in [0.05, 0.1) is 11.8 Å². The van der Waals surface area contributed by atoms with Crippen molar-refractivity contribution >= 4 is 15.7 Å². The molecule has 23 heavy (non-hydrogen) atoms. The molecule has 2 unspecified atom stereocenters. The zero-order valence-electron chi connectivity index (χ0n) is 13.8. The van der Waals surface area contributed by atoms with Crippen LogP contribution in [0.4, 0.5) is 4.39 Å². The predicted molar refractivity (Wildman–Crippen MR) is 88.2 cm³/mol. The highest BCUT2D eigenvalue weighted by Crippen LogP contribution is 2.36. The summed E-state index contributed by atoms with van der Waals surface area (Å²) in [5.74, 6) is -0.800. The van der Waals surface area contributed by atoms with E-state index in [4.69, 9.17) is 0 Å². The van der Waals surface area contributed by atoms with Crippen molar-refractivity contribution in [1.82, 2.24) is 4.90 Å². The molecule has 1 aliphatic rings. The van der Waals surface area contributed by atoms with Gasteiger partial charge in [0.1, 0.15) is 11.1 Å². The number of hydrogen-bond donors (Lipinski definition) is 0. The second kappa shape index (κ2) is 6.99. The molecule has 0 aromatic heterocycles. The summed E-state index contributed by atoms with van der Waals surface area (Å²) >= 11 is 0. The summed E-state index contributed by atoms with van der Waals surface area (Å²) in [6.07, 6.45) is 2.16. The number of amides is 1. The molecule has 6 heteroatoms. The van der Waals surface area contributed by atoms with E-state index < -0.39 is 27.0 Å². The summed E-state index contributed by atoms with van der Waals surface area (Å²) < 4.78 is 38.5. The van der Waals surface area contributed by atoms with Gasteiger partial charge in [0.2, 0.25) is 5.91 Å². The summed E-state index contributed by atoms with van der Waals surface area (Å²) in [5.41, 5.74) is 0.424. The van der Waals surface area contributed by atoms with Gasteiger partial charge in [-0.3, -0.25) is 4.79 Å². The van der Waals surface area contributed by atoms with E-state index in [-0.39, 0.29) is 17.6 Å². The maximum absolute atomic E-state index is 14.0. The molecule has 1 amide bonds. The van der Waals surface area contributed by atoms with Crippen molar-refractivity contribution in [2.24, 2.45) is 0 Å². The normalized spacial score (nSPS) is 17.6. The number of carbonyl (C=O) groups excluding carboxylic acids is 1. The number of nitrogens with zero attached hydrogens (tertiary/aromatic N) is 1. The van der Waals surface area contributed by atoms with Crippen LogP contribution in [0, 0.1) is 5.82 Å². The molecule has 1 fully saturated rings. The zero-order chi connectivity index (χ0) is 17.2. The fourth-order valence-corrected chi connectivity index (χ4v) is 4.18. The molecule has 2 rings (SSSR count). The molecule has 0 bridgehead atoms. The molecule has 0 spiro atoms. The summed E-state index contributed by atoms with van der Waals surface area (Å²) in [4.78, 5) is 14.4. The van der Waals surface area contributed by atoms with Crippen molar-refractivity contribution < 1.29 is 17.6 Å². The maximum Gasteiger partial charge on any atom is 0.241 e. The van der Waals surface area contributed by atoms with Crippen LogP contribution in [0.2, 0.25) is 0 Å². The van der Waals surface area contributed by atoms with Crippen molar-refractivity contribution in [2.75, 3.05) is 5.75 Å². The monoisotopic (exact) mass is 341 g/mol. The maximum atomic E-state index is 14.0. The third-order valence-electron chi connectivity index (χ3n) is 4.34. The van der Waals surface area contributed by atoms with Crippen molar-refractivity contribution in [3.8, 4) is 0 Å². The van der Waals surface area contributed by atoms with E-state index >= 15 is 0 Å². The molecule has 1 saturated carbocycles. The fraction of sp³-hybridized carbons (Fsp3) is 0.588. The van der Waals surface area contributed by atoms with Gasteiger partial charge < -0.3 is 4.90 Å². The minimum absolute atomic E-state index is 0.00745. The van der Waals surface area contributed by atoms with Crippen LogP contribution in [0.1, 0.15) is 51.6 Å². The lowest BCUT2D eigenvalue weighted by Gasteiger charge is -2.32. The van der Waals surface area contributed by atoms with Crippen LogP contribution in [0.5, 0.6) is 0 Å². The Labute approximate surface area is 137 Å². The molecule has 2 atom stereocenters. The van der Waals surface area contributed by atoms with E-state index in [1.54, 1.807) is 36.9 Å². The first kappa shape index (κ1) is 17.9. The lowest BCUT2D eigenvalue weighted by Crippen LogP contribution is -2.44. The molecule has 1 aliphatic carbocycles. The van der Waals surface area contributed by atoms with Crippen LogP contribution in [-0.4, -0.2) is 36.3 Å². The van der Waals surface area contributed by atoms with Gasteiger partial charge in [0.15, 0.2) is 9.84 Å². The zero-order valence-corrected chi connectivity index (χ0v) is 14.6. The van der Waals surface area contributed by atoms with Crippen LogP contribution in [0.3, 0.4) is 0 Å². The molecule has 0 saturated heterocycles. The van der Waals surface area contributed by atoms with Crippen LogP contribution in [-0.2, 0) is 14.6 Å². The molecule has 1 aromatic rings. The lowest BCUT2D eigenvalue weighted by molar-refractivity contribution is -0.133. The van der Waals surface area contributed by atoms with E-state index in [0.29, 0.717) is 12.0 Å². The van der Waals surface area contributed by atoms with E-state index in [9.17, 15) is 17.6 Å². The Morgan fingerprint density at radius 2 is 1.91 bits per heavy atom. The van der Waals surface area contributed by atoms with Gasteiger partial charge in [-0.05, 0) is 39.2 Å². The van der Waals surface area contributed by atoms with Crippen molar-refractivity contribution in [2.45, 2.75) is 57.4 Å². The van der Waals surface area contributed by atoms with E-state index in [1.807, 2.05) is 0 Å². The summed E-state index contributed by atoms with van der Waals surface area (Å²) in [6, 6.07) is 5.86. The van der Waals surface area contributed by atoms with Gasteiger partial charge in [0, 0.05) is 11.6 Å². The minimum Gasteiger partial charge on any atom is -0.332 e. The van der Waals surface area contributed by atoms with Crippen molar-refractivity contribution in [3.63, 3.8) is 0 Å². The van der Waals surface area contributed by atoms with Gasteiger partial charge in [-0.15, -0.1) is 0 Å². The molecule has 0 N–H and O–H groups in total. The standard InChI is InChI=1S/C17H24FNO3S/c1-4-11-23(21,22)13(3)17(20)19(14-9-10-14)12(2)15-7-5-6-8-16(15)18/h5-8,12-14H,4,9-11H2,1-3H3. The Morgan fingerprint density at radius 3 is 2.43 bits per heavy atom. The van der Waals surface area contributed by atoms with Crippen molar-refractivity contribution in [1.29, 1.82) is 0 Å². The Hall–Kier alpha value is -1.43. The van der Waals surface area contributed by atoms with Crippen LogP contribution < -0.4 is 0 Å². The van der Waals surface area contributed by atoms with E-state index in [0.717, 1.165) is 12.8 Å². The minimum atomic E-state index is -3.47. The highest BCUT2D eigenvalue weighted by atomic mass is 32.2. The Morgan fingerprint density at radius 1 is 1.30 bits per heavy atom. The first-order valence-electron chi connectivity index (χ1n) is 8.07. The summed E-state index contributed by atoms with van der Waals surface area (Å²) in [6.45, 7) is 4.97. The van der Waals surface area contributed by atoms with E-state index in [1.165, 1.54) is 13.0 Å². The predicted octanol–water partition coefficient (Wildman–Crippen LogP) is 3.09. The number of benzene rings is 1. The number of rotatable bonds is 7. The summed E-state index contributed by atoms with van der Waals surface area (Å²) in [7, 11) is -3.47. The highest BCUT2D eigenvalue weighted by molar-refractivity contribution is 7.92. The van der Waals surface area contributed by atoms with Crippen molar-refractivity contribution in [3.05, 3.63) is 35.6 Å². The Kier molecular flexibility index (Phi) is 5.45. The lowest BCUT2D eigenvalue weighted by atomic mass is 10.1. The van der Waals surface area contributed by atoms with Crippen LogP contribution >= 0.6 is 0 Å². The molecule has 0 heterocycles. The molecule has 128 valence electrons. The Balaban J connectivity index is 2.28. The smallest absolute Gasteiger partial charge is 0.241 e. The topological polar surface area (TPSA) is 54.5 Å². The average molecular weight is 341 g/mol. The highest BCUT2D eigenvalue weighted by Gasteiger charge is 2.41. The molecular weight excluding hydrogens is 317 g/mol. The number of hydrogen-bond acceptors (Lipinski definition) is 3. The molecular formula is C17H24FNO3S. The molecule has 0 radical (unpaired) electrons. The van der Waals surface area contributed by atoms with Crippen LogP contribution in [0.25, 0.3) is 0 Å². The largest absolute Gasteiger partial charge is 0.332 e. The SMILES string of the molecule is CCCS(=O)(=O)C(C)C(=O)N(C1CC1)C(C)c1ccccc1F. The average Bonchev–Trinajstić information content (AvgIpc) is 3.31. The fourth-order valence-electron chi connectivity index (χ4n) is 2.83. The molecule has 4 nitrogen and oxygen atoms in total. The van der Waals surface area contributed by atoms with Gasteiger partial charge in [-0.25, -0.2) is 12.8 Å². The third kappa shape index (κ3) is 3.91. The second-order valence-corrected chi connectivity index (χ2v) is 8.62. The Bertz CT molecular complexity index is 670. The first-order valence-corrected chi connectivity index (χ1v) is 9.79. The number of carbonyl (C=O) groups is 1. The van der Waals surface area contributed by atoms with Gasteiger partial charge in [-0.1, -0.05) is 25.1 Å². The van der Waals surface area contributed by atoms with Gasteiger partial charge in [0.25, 0.3) is 0 Å². The number of halogens is 1.